The summed E-state index contributed by atoms with van der Waals surface area (Å²) in [5, 5.41) is 8.18. The largest absolute Gasteiger partial charge is 0.339 e. The molecule has 2 aromatic heterocycles. The molecule has 1 aliphatic rings. The molecule has 0 unspecified atom stereocenters. The number of nitrogens with zero attached hydrogens (tertiary/aromatic N) is 5. The van der Waals surface area contributed by atoms with Gasteiger partial charge in [0.25, 0.3) is 11.5 Å². The van der Waals surface area contributed by atoms with Crippen molar-refractivity contribution < 1.29 is 4.79 Å². The highest BCUT2D eigenvalue weighted by molar-refractivity contribution is 5.95. The minimum atomic E-state index is -0.275. The van der Waals surface area contributed by atoms with E-state index < -0.39 is 0 Å². The van der Waals surface area contributed by atoms with Crippen LogP contribution in [0.2, 0.25) is 0 Å². The van der Waals surface area contributed by atoms with Crippen molar-refractivity contribution in [2.24, 2.45) is 0 Å². The van der Waals surface area contributed by atoms with Gasteiger partial charge in [-0.2, -0.15) is 0 Å². The zero-order valence-electron chi connectivity index (χ0n) is 17.9. The lowest BCUT2D eigenvalue weighted by molar-refractivity contribution is 0.0710. The summed E-state index contributed by atoms with van der Waals surface area (Å²) in [6.07, 6.45) is 1.48. The fourth-order valence-electron chi connectivity index (χ4n) is 4.28. The van der Waals surface area contributed by atoms with E-state index in [0.717, 1.165) is 29.5 Å². The highest BCUT2D eigenvalue weighted by atomic mass is 16.2. The minimum absolute atomic E-state index is 0.0589. The van der Waals surface area contributed by atoms with Crippen molar-refractivity contribution in [3.63, 3.8) is 0 Å². The van der Waals surface area contributed by atoms with E-state index in [9.17, 15) is 9.59 Å². The molecule has 1 aliphatic heterocycles. The molecular formula is C24H24N6O2. The Balaban J connectivity index is 1.35. The number of benzene rings is 2. The van der Waals surface area contributed by atoms with Gasteiger partial charge in [-0.05, 0) is 37.0 Å². The van der Waals surface area contributed by atoms with Gasteiger partial charge in [-0.15, -0.1) is 5.10 Å². The lowest BCUT2D eigenvalue weighted by Gasteiger charge is -2.31. The standard InChI is InChI=1S/C24H24N6O2/c1-16-7-5-6-10-19(16)24(32)29-13-11-18(12-14-29)21-25-22-20(23(31)26-21)27-28-30(22)15-17-8-3-2-4-9-17/h2-10,18H,11-15H2,1H3,(H,25,26,31). The van der Waals surface area contributed by atoms with Gasteiger partial charge < -0.3 is 9.88 Å². The van der Waals surface area contributed by atoms with E-state index >= 15 is 0 Å². The number of carbonyl (C=O) groups excluding carboxylic acids is 1. The van der Waals surface area contributed by atoms with Gasteiger partial charge in [-0.25, -0.2) is 9.67 Å². The minimum Gasteiger partial charge on any atom is -0.339 e. The van der Waals surface area contributed by atoms with Crippen molar-refractivity contribution in [2.45, 2.75) is 32.2 Å². The smallest absolute Gasteiger partial charge is 0.281 e. The van der Waals surface area contributed by atoms with E-state index in [1.165, 1.54) is 0 Å². The van der Waals surface area contributed by atoms with Crippen molar-refractivity contribution in [1.82, 2.24) is 29.9 Å². The van der Waals surface area contributed by atoms with Gasteiger partial charge >= 0.3 is 0 Å². The molecule has 1 N–H and O–H groups in total. The SMILES string of the molecule is Cc1ccccc1C(=O)N1CCC(c2nc3c(nnn3Cc3ccccc3)c(=O)[nH]2)CC1. The maximum Gasteiger partial charge on any atom is 0.281 e. The van der Waals surface area contributed by atoms with E-state index in [1.54, 1.807) is 4.68 Å². The first-order valence-electron chi connectivity index (χ1n) is 10.8. The van der Waals surface area contributed by atoms with Crippen LogP contribution in [0.25, 0.3) is 11.2 Å². The molecule has 2 aromatic carbocycles. The van der Waals surface area contributed by atoms with Crippen molar-refractivity contribution in [3.8, 4) is 0 Å². The summed E-state index contributed by atoms with van der Waals surface area (Å²) in [5.41, 5.74) is 3.25. The summed E-state index contributed by atoms with van der Waals surface area (Å²) < 4.78 is 1.67. The van der Waals surface area contributed by atoms with Crippen LogP contribution >= 0.6 is 0 Å². The normalized spacial score (nSPS) is 14.7. The van der Waals surface area contributed by atoms with E-state index in [-0.39, 0.29) is 22.9 Å². The van der Waals surface area contributed by atoms with Crippen molar-refractivity contribution in [1.29, 1.82) is 0 Å². The number of H-pyrrole nitrogens is 1. The number of fused-ring (bicyclic) bond motifs is 1. The zero-order valence-corrected chi connectivity index (χ0v) is 17.9. The fourth-order valence-corrected chi connectivity index (χ4v) is 4.28. The molecule has 0 saturated carbocycles. The number of nitrogens with one attached hydrogen (secondary N) is 1. The fraction of sp³-hybridized carbons (Fsp3) is 0.292. The number of likely N-dealkylation sites (tertiary alicyclic amines) is 1. The van der Waals surface area contributed by atoms with Crippen molar-refractivity contribution in [3.05, 3.63) is 87.5 Å². The number of hydrogen-bond donors (Lipinski definition) is 1. The average molecular weight is 428 g/mol. The molecule has 1 fully saturated rings. The van der Waals surface area contributed by atoms with Crippen molar-refractivity contribution >= 4 is 17.1 Å². The molecule has 32 heavy (non-hydrogen) atoms. The van der Waals surface area contributed by atoms with E-state index in [0.29, 0.717) is 31.1 Å². The van der Waals surface area contributed by atoms with Gasteiger partial charge in [-0.3, -0.25) is 9.59 Å². The molecular weight excluding hydrogens is 404 g/mol. The van der Waals surface area contributed by atoms with Gasteiger partial charge in [0.2, 0.25) is 0 Å². The number of aromatic nitrogens is 5. The van der Waals surface area contributed by atoms with Crippen LogP contribution in [-0.2, 0) is 6.54 Å². The van der Waals surface area contributed by atoms with Crippen LogP contribution in [0.3, 0.4) is 0 Å². The molecule has 8 nitrogen and oxygen atoms in total. The number of aryl methyl sites for hydroxylation is 1. The second-order valence-corrected chi connectivity index (χ2v) is 8.24. The Morgan fingerprint density at radius 3 is 2.53 bits per heavy atom. The zero-order chi connectivity index (χ0) is 22.1. The second kappa shape index (κ2) is 8.37. The number of carbonyl (C=O) groups is 1. The monoisotopic (exact) mass is 428 g/mol. The molecule has 0 spiro atoms. The third kappa shape index (κ3) is 3.79. The van der Waals surface area contributed by atoms with Gasteiger partial charge in [-0.1, -0.05) is 53.7 Å². The van der Waals surface area contributed by atoms with E-state index in [2.05, 4.69) is 15.3 Å². The van der Waals surface area contributed by atoms with Crippen LogP contribution in [0.5, 0.6) is 0 Å². The molecule has 5 rings (SSSR count). The van der Waals surface area contributed by atoms with E-state index in [1.807, 2.05) is 66.4 Å². The predicted molar refractivity (Wildman–Crippen MR) is 121 cm³/mol. The highest BCUT2D eigenvalue weighted by Crippen LogP contribution is 2.27. The van der Waals surface area contributed by atoms with Gasteiger partial charge in [0, 0.05) is 24.6 Å². The average Bonchev–Trinajstić information content (AvgIpc) is 3.23. The highest BCUT2D eigenvalue weighted by Gasteiger charge is 2.27. The third-order valence-electron chi connectivity index (χ3n) is 6.11. The molecule has 4 aromatic rings. The van der Waals surface area contributed by atoms with Crippen LogP contribution < -0.4 is 5.56 Å². The quantitative estimate of drug-likeness (QED) is 0.539. The number of amides is 1. The topological polar surface area (TPSA) is 96.8 Å². The number of hydrogen-bond acceptors (Lipinski definition) is 5. The molecule has 8 heteroatoms. The van der Waals surface area contributed by atoms with Crippen LogP contribution in [-0.4, -0.2) is 48.9 Å². The molecule has 0 bridgehead atoms. The molecule has 1 saturated heterocycles. The third-order valence-corrected chi connectivity index (χ3v) is 6.11. The summed E-state index contributed by atoms with van der Waals surface area (Å²) >= 11 is 0. The van der Waals surface area contributed by atoms with Crippen molar-refractivity contribution in [2.75, 3.05) is 13.1 Å². The molecule has 0 atom stereocenters. The molecule has 162 valence electrons. The summed E-state index contributed by atoms with van der Waals surface area (Å²) in [7, 11) is 0. The van der Waals surface area contributed by atoms with Crippen LogP contribution in [0.1, 0.15) is 46.1 Å². The Morgan fingerprint density at radius 2 is 1.78 bits per heavy atom. The first-order valence-corrected chi connectivity index (χ1v) is 10.8. The summed E-state index contributed by atoms with van der Waals surface area (Å²) in [6.45, 7) is 3.70. The Kier molecular flexibility index (Phi) is 5.26. The lowest BCUT2D eigenvalue weighted by atomic mass is 9.95. The van der Waals surface area contributed by atoms with Crippen LogP contribution in [0.15, 0.2) is 59.4 Å². The lowest BCUT2D eigenvalue weighted by Crippen LogP contribution is -2.38. The summed E-state index contributed by atoms with van der Waals surface area (Å²) in [4.78, 5) is 35.1. The molecule has 3 heterocycles. The van der Waals surface area contributed by atoms with Gasteiger partial charge in [0.05, 0.1) is 6.54 Å². The first kappa shape index (κ1) is 20.1. The Bertz CT molecular complexity index is 1320. The first-order chi connectivity index (χ1) is 15.6. The summed E-state index contributed by atoms with van der Waals surface area (Å²) in [5.74, 6) is 0.777. The molecule has 0 radical (unpaired) electrons. The van der Waals surface area contributed by atoms with Crippen LogP contribution in [0.4, 0.5) is 0 Å². The number of aromatic amines is 1. The number of rotatable bonds is 4. The maximum absolute atomic E-state index is 12.9. The number of piperidine rings is 1. The van der Waals surface area contributed by atoms with Gasteiger partial charge in [0.1, 0.15) is 5.82 Å². The Labute approximate surface area is 184 Å². The predicted octanol–water partition coefficient (Wildman–Crippen LogP) is 2.89. The maximum atomic E-state index is 12.9. The second-order valence-electron chi connectivity index (χ2n) is 8.24. The van der Waals surface area contributed by atoms with E-state index in [4.69, 9.17) is 4.98 Å². The summed E-state index contributed by atoms with van der Waals surface area (Å²) in [6, 6.07) is 17.6. The molecule has 0 aliphatic carbocycles. The molecule has 1 amide bonds. The van der Waals surface area contributed by atoms with Gasteiger partial charge in [0.15, 0.2) is 11.2 Å². The van der Waals surface area contributed by atoms with Crippen LogP contribution in [0, 0.1) is 6.92 Å². The Hall–Kier alpha value is -3.81. The Morgan fingerprint density at radius 1 is 1.06 bits per heavy atom.